The van der Waals surface area contributed by atoms with Crippen molar-refractivity contribution in [2.45, 2.75) is 58.6 Å². The topological polar surface area (TPSA) is 78.4 Å². The van der Waals surface area contributed by atoms with Crippen LogP contribution in [0, 0.1) is 11.8 Å². The first kappa shape index (κ1) is 19.4. The molecule has 2 amide bonds. The first-order valence-corrected chi connectivity index (χ1v) is 9.30. The molecule has 25 heavy (non-hydrogen) atoms. The summed E-state index contributed by atoms with van der Waals surface area (Å²) in [5, 5.41) is 15.5. The lowest BCUT2D eigenvalue weighted by Crippen LogP contribution is -2.29. The minimum atomic E-state index is -0.397. The Labute approximate surface area is 150 Å². The zero-order valence-electron chi connectivity index (χ0n) is 15.3. The summed E-state index contributed by atoms with van der Waals surface area (Å²) in [4.78, 5) is 24.1. The highest BCUT2D eigenvalue weighted by molar-refractivity contribution is 5.94. The van der Waals surface area contributed by atoms with Crippen LogP contribution >= 0.6 is 0 Å². The van der Waals surface area contributed by atoms with Crippen LogP contribution < -0.4 is 10.6 Å². The maximum absolute atomic E-state index is 12.1. The number of aliphatic hydroxyl groups excluding tert-OH is 1. The average molecular weight is 346 g/mol. The van der Waals surface area contributed by atoms with Crippen LogP contribution in [0.3, 0.4) is 0 Å². The molecule has 0 aliphatic heterocycles. The van der Waals surface area contributed by atoms with E-state index in [9.17, 15) is 14.7 Å². The van der Waals surface area contributed by atoms with Crippen molar-refractivity contribution in [3.8, 4) is 0 Å². The number of aliphatic hydroxyl groups is 1. The van der Waals surface area contributed by atoms with E-state index in [1.165, 1.54) is 0 Å². The summed E-state index contributed by atoms with van der Waals surface area (Å²) in [5.74, 6) is 0.363. The van der Waals surface area contributed by atoms with Gasteiger partial charge in [-0.2, -0.15) is 0 Å². The third kappa shape index (κ3) is 6.16. The number of amides is 2. The first-order valence-electron chi connectivity index (χ1n) is 9.30. The minimum absolute atomic E-state index is 0.141. The van der Waals surface area contributed by atoms with E-state index < -0.39 is 6.10 Å². The van der Waals surface area contributed by atoms with Crippen molar-refractivity contribution in [2.75, 3.05) is 6.54 Å². The largest absolute Gasteiger partial charge is 0.393 e. The van der Waals surface area contributed by atoms with E-state index in [0.717, 1.165) is 31.2 Å². The summed E-state index contributed by atoms with van der Waals surface area (Å²) in [7, 11) is 0. The van der Waals surface area contributed by atoms with Gasteiger partial charge in [0.05, 0.1) is 6.10 Å². The van der Waals surface area contributed by atoms with Gasteiger partial charge < -0.3 is 15.7 Å². The predicted octanol–water partition coefficient (Wildman–Crippen LogP) is 2.63. The smallest absolute Gasteiger partial charge is 0.251 e. The lowest BCUT2D eigenvalue weighted by molar-refractivity contribution is -0.124. The molecular formula is C20H30N2O3. The molecule has 5 heteroatoms. The highest BCUT2D eigenvalue weighted by Crippen LogP contribution is 2.24. The van der Waals surface area contributed by atoms with Crippen LogP contribution in [0.5, 0.6) is 0 Å². The molecule has 1 saturated carbocycles. The molecule has 1 aliphatic carbocycles. The lowest BCUT2D eigenvalue weighted by Gasteiger charge is -2.14. The number of nitrogens with one attached hydrogen (secondary N) is 2. The van der Waals surface area contributed by atoms with E-state index in [0.29, 0.717) is 25.1 Å². The molecule has 0 radical (unpaired) electrons. The fourth-order valence-corrected chi connectivity index (χ4v) is 3.06. The van der Waals surface area contributed by atoms with Gasteiger partial charge in [-0.05, 0) is 42.9 Å². The Morgan fingerprint density at radius 2 is 1.76 bits per heavy atom. The highest BCUT2D eigenvalue weighted by Gasteiger charge is 2.22. The maximum Gasteiger partial charge on any atom is 0.251 e. The van der Waals surface area contributed by atoms with Gasteiger partial charge in [0, 0.05) is 24.6 Å². The second-order valence-electron chi connectivity index (χ2n) is 7.25. The molecule has 0 spiro atoms. The van der Waals surface area contributed by atoms with Crippen molar-refractivity contribution in [1.82, 2.24) is 10.6 Å². The Hall–Kier alpha value is -1.88. The average Bonchev–Trinajstić information content (AvgIpc) is 3.14. The molecule has 0 heterocycles. The molecule has 0 bridgehead atoms. The van der Waals surface area contributed by atoms with E-state index in [-0.39, 0.29) is 23.7 Å². The molecular weight excluding hydrogens is 316 g/mol. The molecule has 0 aromatic heterocycles. The second-order valence-corrected chi connectivity index (χ2v) is 7.25. The molecule has 1 atom stereocenters. The maximum atomic E-state index is 12.1. The van der Waals surface area contributed by atoms with Crippen LogP contribution in [-0.2, 0) is 11.3 Å². The van der Waals surface area contributed by atoms with Gasteiger partial charge in [-0.1, -0.05) is 38.8 Å². The van der Waals surface area contributed by atoms with Crippen LogP contribution in [0.15, 0.2) is 24.3 Å². The standard InChI is InChI=1S/C20H30N2O3/c1-14(2)18(23)11-12-21-19(24)17-9-7-15(8-10-17)13-22-20(25)16-5-3-4-6-16/h7-10,14,16,18,23H,3-6,11-13H2,1-2H3,(H,21,24)(H,22,25). The van der Waals surface area contributed by atoms with Crippen LogP contribution in [-0.4, -0.2) is 29.6 Å². The van der Waals surface area contributed by atoms with Gasteiger partial charge in [0.2, 0.25) is 5.91 Å². The number of carbonyl (C=O) groups excluding carboxylic acids is 2. The molecule has 5 nitrogen and oxygen atoms in total. The third-order valence-corrected chi connectivity index (χ3v) is 4.90. The van der Waals surface area contributed by atoms with E-state index >= 15 is 0 Å². The van der Waals surface area contributed by atoms with Crippen LogP contribution in [0.25, 0.3) is 0 Å². The van der Waals surface area contributed by atoms with E-state index in [1.807, 2.05) is 26.0 Å². The van der Waals surface area contributed by atoms with Crippen molar-refractivity contribution in [1.29, 1.82) is 0 Å². The van der Waals surface area contributed by atoms with Crippen molar-refractivity contribution in [2.24, 2.45) is 11.8 Å². The van der Waals surface area contributed by atoms with Gasteiger partial charge in [0.25, 0.3) is 5.91 Å². The molecule has 138 valence electrons. The zero-order valence-corrected chi connectivity index (χ0v) is 15.3. The van der Waals surface area contributed by atoms with Gasteiger partial charge >= 0.3 is 0 Å². The minimum Gasteiger partial charge on any atom is -0.393 e. The number of hydrogen-bond acceptors (Lipinski definition) is 3. The monoisotopic (exact) mass is 346 g/mol. The first-order chi connectivity index (χ1) is 12.0. The Bertz CT molecular complexity index is 563. The number of rotatable bonds is 8. The van der Waals surface area contributed by atoms with Gasteiger partial charge in [0.1, 0.15) is 0 Å². The Kier molecular flexibility index (Phi) is 7.44. The number of benzene rings is 1. The molecule has 2 rings (SSSR count). The normalized spacial score (nSPS) is 16.0. The number of carbonyl (C=O) groups is 2. The van der Waals surface area contributed by atoms with E-state index in [2.05, 4.69) is 10.6 Å². The third-order valence-electron chi connectivity index (χ3n) is 4.90. The van der Waals surface area contributed by atoms with E-state index in [1.54, 1.807) is 12.1 Å². The summed E-state index contributed by atoms with van der Waals surface area (Å²) in [6.45, 7) is 4.86. The molecule has 1 fully saturated rings. The van der Waals surface area contributed by atoms with Crippen molar-refractivity contribution in [3.05, 3.63) is 35.4 Å². The van der Waals surface area contributed by atoms with Gasteiger partial charge in [0.15, 0.2) is 0 Å². The van der Waals surface area contributed by atoms with Crippen molar-refractivity contribution < 1.29 is 14.7 Å². The van der Waals surface area contributed by atoms with Gasteiger partial charge in [-0.25, -0.2) is 0 Å². The van der Waals surface area contributed by atoms with Crippen LogP contribution in [0.2, 0.25) is 0 Å². The van der Waals surface area contributed by atoms with Crippen LogP contribution in [0.1, 0.15) is 61.9 Å². The summed E-state index contributed by atoms with van der Waals surface area (Å²) < 4.78 is 0. The van der Waals surface area contributed by atoms with Crippen molar-refractivity contribution in [3.63, 3.8) is 0 Å². The highest BCUT2D eigenvalue weighted by atomic mass is 16.3. The second kappa shape index (κ2) is 9.56. The molecule has 1 aliphatic rings. The molecule has 3 N–H and O–H groups in total. The molecule has 1 aromatic rings. The van der Waals surface area contributed by atoms with E-state index in [4.69, 9.17) is 0 Å². The Morgan fingerprint density at radius 3 is 2.36 bits per heavy atom. The lowest BCUT2D eigenvalue weighted by atomic mass is 10.0. The Balaban J connectivity index is 1.74. The molecule has 1 unspecified atom stereocenters. The van der Waals surface area contributed by atoms with Gasteiger partial charge in [-0.15, -0.1) is 0 Å². The fourth-order valence-electron chi connectivity index (χ4n) is 3.06. The zero-order chi connectivity index (χ0) is 18.2. The summed E-state index contributed by atoms with van der Waals surface area (Å²) in [6.07, 6.45) is 4.44. The molecule has 1 aromatic carbocycles. The quantitative estimate of drug-likeness (QED) is 0.677. The summed E-state index contributed by atoms with van der Waals surface area (Å²) >= 11 is 0. The number of hydrogen-bond donors (Lipinski definition) is 3. The molecule has 0 saturated heterocycles. The summed E-state index contributed by atoms with van der Waals surface area (Å²) in [6, 6.07) is 7.27. The fraction of sp³-hybridized carbons (Fsp3) is 0.600. The van der Waals surface area contributed by atoms with Crippen molar-refractivity contribution >= 4 is 11.8 Å². The summed E-state index contributed by atoms with van der Waals surface area (Å²) in [5.41, 5.74) is 1.57. The van der Waals surface area contributed by atoms with Gasteiger partial charge in [-0.3, -0.25) is 9.59 Å². The predicted molar refractivity (Wildman–Crippen MR) is 98.0 cm³/mol. The van der Waals surface area contributed by atoms with Crippen LogP contribution in [0.4, 0.5) is 0 Å². The Morgan fingerprint density at radius 1 is 1.12 bits per heavy atom. The SMILES string of the molecule is CC(C)C(O)CCNC(=O)c1ccc(CNC(=O)C2CCCC2)cc1.